The van der Waals surface area contributed by atoms with Gasteiger partial charge in [-0.25, -0.2) is 0 Å². The molecular weight excluding hydrogens is 148 g/mol. The molecule has 0 aromatic carbocycles. The predicted octanol–water partition coefficient (Wildman–Crippen LogP) is -0.218. The molecule has 0 spiro atoms. The molecule has 0 aliphatic heterocycles. The Balaban J connectivity index is -0.0000000200. The number of hydrogen-bond donors (Lipinski definition) is 0. The van der Waals surface area contributed by atoms with E-state index in [1.807, 2.05) is 0 Å². The maximum atomic E-state index is 8.35. The van der Waals surface area contributed by atoms with E-state index >= 15 is 0 Å². The van der Waals surface area contributed by atoms with Crippen LogP contribution >= 0.6 is 9.90 Å². The molecule has 1 unspecified atom stereocenters. The standard InChI is InChI=1S/CHO.H3P.Y/c1-2;;/h1H;1H3;/q-1;;/i1T;;. The molecule has 4 heavy (non-hydrogen) atoms. The molecule has 0 aromatic heterocycles. The van der Waals surface area contributed by atoms with Crippen molar-refractivity contribution in [3.05, 3.63) is 0 Å². The Bertz CT molecular complexity index is 19.1. The summed E-state index contributed by atoms with van der Waals surface area (Å²) in [7, 11) is 0. The molecule has 0 saturated carbocycles. The first kappa shape index (κ1) is 8.96. The minimum atomic E-state index is 0. The van der Waals surface area contributed by atoms with E-state index in [1.54, 1.807) is 0 Å². The maximum absolute atomic E-state index is 8.35. The first-order valence-electron chi connectivity index (χ1n) is 0.704. The first-order valence-corrected chi connectivity index (χ1v) is 0.204. The topological polar surface area (TPSA) is 17.1 Å². The zero-order valence-corrected chi connectivity index (χ0v) is 6.45. The SMILES string of the molecule is P.[3H][C-]=O.[Y]. The zero-order chi connectivity index (χ0) is 2.71. The van der Waals surface area contributed by atoms with Crippen LogP contribution in [-0.4, -0.2) is 6.77 Å². The van der Waals surface area contributed by atoms with Gasteiger partial charge in [-0.05, 0) is 0 Å². The summed E-state index contributed by atoms with van der Waals surface area (Å²) in [5, 5.41) is 0. The van der Waals surface area contributed by atoms with Gasteiger partial charge in [-0.1, -0.05) is 0 Å². The van der Waals surface area contributed by atoms with Crippen molar-refractivity contribution in [2.75, 3.05) is 0 Å². The Morgan fingerprint density at radius 2 is 2.00 bits per heavy atom. The average Bonchev–Trinajstić information content (AvgIpc) is 0.918. The Morgan fingerprint density at radius 3 is 2.00 bits per heavy atom. The molecule has 0 rings (SSSR count). The minimum absolute atomic E-state index is 0. The van der Waals surface area contributed by atoms with E-state index in [2.05, 4.69) is 0 Å². The summed E-state index contributed by atoms with van der Waals surface area (Å²) in [4.78, 5) is 8.35. The summed E-state index contributed by atoms with van der Waals surface area (Å²) in [5.74, 6) is 0. The molecular formula is CH4OPY-. The van der Waals surface area contributed by atoms with Crippen LogP contribution in [0, 0.1) is 0 Å². The van der Waals surface area contributed by atoms with Crippen molar-refractivity contribution in [3.63, 3.8) is 0 Å². The summed E-state index contributed by atoms with van der Waals surface area (Å²) >= 11 is 0. The van der Waals surface area contributed by atoms with Crippen LogP contribution in [0.25, 0.3) is 0 Å². The fourth-order valence-electron chi connectivity index (χ4n) is 0. The monoisotopic (exact) mass is 154 g/mol. The normalized spacial score (nSPS) is 3.50. The first-order chi connectivity index (χ1) is 1.41. The molecule has 0 saturated heterocycles. The third-order valence-electron chi connectivity index (χ3n) is 0. The molecule has 0 fully saturated rings. The van der Waals surface area contributed by atoms with Gasteiger partial charge in [0.1, 0.15) is 0 Å². The zero-order valence-electron chi connectivity index (χ0n) is 3.19. The van der Waals surface area contributed by atoms with Gasteiger partial charge in [0.2, 0.25) is 0 Å². The van der Waals surface area contributed by atoms with E-state index in [9.17, 15) is 0 Å². The van der Waals surface area contributed by atoms with Crippen molar-refractivity contribution in [1.82, 2.24) is 0 Å². The second-order valence-corrected chi connectivity index (χ2v) is 0. The van der Waals surface area contributed by atoms with Crippen LogP contribution in [0.3, 0.4) is 0 Å². The smallest absolute Gasteiger partial charge is 0 e. The van der Waals surface area contributed by atoms with Crippen LogP contribution in [0.1, 0.15) is 1.37 Å². The van der Waals surface area contributed by atoms with Gasteiger partial charge < -0.3 is 4.79 Å². The fraction of sp³-hybridized carbons (Fsp3) is 0. The number of hydrogen-bond acceptors (Lipinski definition) is 1. The number of rotatable bonds is 0. The van der Waals surface area contributed by atoms with Gasteiger partial charge in [0.25, 0.3) is 0 Å². The van der Waals surface area contributed by atoms with E-state index in [1.165, 1.54) is 0 Å². The molecule has 0 bridgehead atoms. The molecule has 1 nitrogen and oxygen atoms in total. The second kappa shape index (κ2) is 29.8. The van der Waals surface area contributed by atoms with Gasteiger partial charge in [0, 0.05) is 32.7 Å². The van der Waals surface area contributed by atoms with Crippen LogP contribution in [0.2, 0.25) is 0 Å². The number of carbonyl (C=O) groups excluding carboxylic acids is 1. The summed E-state index contributed by atoms with van der Waals surface area (Å²) in [6.45, 7) is 0.750. The van der Waals surface area contributed by atoms with E-state index in [0.717, 1.165) is 6.77 Å². The molecule has 3 heteroatoms. The molecule has 1 atom stereocenters. The Labute approximate surface area is 55.4 Å². The molecule has 0 heterocycles. The Kier molecular flexibility index (Phi) is 66.7. The van der Waals surface area contributed by atoms with Crippen LogP contribution < -0.4 is 0 Å². The van der Waals surface area contributed by atoms with Gasteiger partial charge in [0.05, 0.1) is 0 Å². The van der Waals surface area contributed by atoms with Gasteiger partial charge in [-0.15, -0.1) is 0 Å². The molecule has 1 radical (unpaired) electrons. The fourth-order valence-corrected chi connectivity index (χ4v) is 0. The second-order valence-electron chi connectivity index (χ2n) is 0. The predicted molar refractivity (Wildman–Crippen MR) is 17.9 cm³/mol. The van der Waals surface area contributed by atoms with Crippen molar-refractivity contribution in [3.8, 4) is 0 Å². The van der Waals surface area contributed by atoms with Crippen LogP contribution in [0.5, 0.6) is 0 Å². The van der Waals surface area contributed by atoms with Crippen molar-refractivity contribution >= 4 is 16.7 Å². The summed E-state index contributed by atoms with van der Waals surface area (Å²) in [6.07, 6.45) is 0. The van der Waals surface area contributed by atoms with Crippen molar-refractivity contribution in [1.29, 1.82) is 0 Å². The third kappa shape index (κ3) is 10.7. The summed E-state index contributed by atoms with van der Waals surface area (Å²) in [6, 6.07) is 0. The Hall–Kier alpha value is 1.20. The van der Waals surface area contributed by atoms with Crippen molar-refractivity contribution in [2.24, 2.45) is 0 Å². The summed E-state index contributed by atoms with van der Waals surface area (Å²) < 4.78 is 5.40. The largest absolute Gasteiger partial charge is 0.545 e. The van der Waals surface area contributed by atoms with Crippen molar-refractivity contribution in [2.45, 2.75) is 0 Å². The van der Waals surface area contributed by atoms with Crippen LogP contribution in [0.15, 0.2) is 0 Å². The van der Waals surface area contributed by atoms with Gasteiger partial charge in [-0.2, -0.15) is 11.3 Å². The third-order valence-corrected chi connectivity index (χ3v) is 0. The van der Waals surface area contributed by atoms with Gasteiger partial charge in [-0.3, -0.25) is 6.77 Å². The maximum Gasteiger partial charge on any atom is 0 e. The van der Waals surface area contributed by atoms with Crippen LogP contribution in [-0.2, 0) is 37.5 Å². The van der Waals surface area contributed by atoms with Crippen molar-refractivity contribution < 1.29 is 38.9 Å². The Morgan fingerprint density at radius 1 is 2.00 bits per heavy atom. The minimum Gasteiger partial charge on any atom is -0.545 e. The average molecular weight is 154 g/mol. The molecule has 0 amide bonds. The summed E-state index contributed by atoms with van der Waals surface area (Å²) in [5.41, 5.74) is 0. The van der Waals surface area contributed by atoms with E-state index < -0.39 is 0 Å². The molecule has 0 aromatic rings. The van der Waals surface area contributed by atoms with E-state index in [4.69, 9.17) is 6.17 Å². The quantitative estimate of drug-likeness (QED) is 0.268. The van der Waals surface area contributed by atoms with E-state index in [-0.39, 0.29) is 42.6 Å². The van der Waals surface area contributed by atoms with Gasteiger partial charge in [0.15, 0.2) is 0 Å². The van der Waals surface area contributed by atoms with Gasteiger partial charge >= 0.3 is 0 Å². The molecule has 0 N–H and O–H groups in total. The molecule has 0 aliphatic carbocycles. The molecule has 0 aliphatic rings. The molecule has 23 valence electrons. The van der Waals surface area contributed by atoms with Crippen LogP contribution in [0.4, 0.5) is 0 Å². The van der Waals surface area contributed by atoms with E-state index in [0.29, 0.717) is 0 Å².